The second kappa shape index (κ2) is 9.86. The van der Waals surface area contributed by atoms with Crippen molar-refractivity contribution < 1.29 is 19.1 Å². The van der Waals surface area contributed by atoms with Crippen LogP contribution in [-0.2, 0) is 20.9 Å². The van der Waals surface area contributed by atoms with Crippen LogP contribution >= 0.6 is 0 Å². The summed E-state index contributed by atoms with van der Waals surface area (Å²) in [6, 6.07) is 17.6. The van der Waals surface area contributed by atoms with Gasteiger partial charge in [0.25, 0.3) is 0 Å². The molecule has 1 heterocycles. The van der Waals surface area contributed by atoms with E-state index in [1.54, 1.807) is 6.92 Å². The van der Waals surface area contributed by atoms with E-state index in [-0.39, 0.29) is 18.4 Å². The highest BCUT2D eigenvalue weighted by Gasteiger charge is 2.40. The first kappa shape index (κ1) is 21.9. The highest BCUT2D eigenvalue weighted by molar-refractivity contribution is 6.04. The molecule has 0 saturated heterocycles. The zero-order valence-electron chi connectivity index (χ0n) is 18.6. The van der Waals surface area contributed by atoms with Crippen LogP contribution in [0.4, 0.5) is 0 Å². The van der Waals surface area contributed by atoms with Crippen molar-refractivity contribution in [2.75, 3.05) is 6.61 Å². The Labute approximate surface area is 189 Å². The van der Waals surface area contributed by atoms with Crippen LogP contribution in [0.25, 0.3) is 0 Å². The summed E-state index contributed by atoms with van der Waals surface area (Å²) < 4.78 is 11.7. The molecule has 0 aromatic heterocycles. The number of hydrogen-bond donors (Lipinski definition) is 1. The van der Waals surface area contributed by atoms with E-state index >= 15 is 0 Å². The molecule has 32 heavy (non-hydrogen) atoms. The predicted molar refractivity (Wildman–Crippen MR) is 123 cm³/mol. The highest BCUT2D eigenvalue weighted by Crippen LogP contribution is 2.45. The summed E-state index contributed by atoms with van der Waals surface area (Å²) in [5.74, 6) is -0.131. The van der Waals surface area contributed by atoms with Gasteiger partial charge in [0.05, 0.1) is 18.1 Å². The summed E-state index contributed by atoms with van der Waals surface area (Å²) in [6.45, 7) is 4.48. The molecule has 2 aliphatic rings. The molecule has 2 aromatic rings. The Hall–Kier alpha value is -3.34. The van der Waals surface area contributed by atoms with Crippen molar-refractivity contribution >= 4 is 11.8 Å². The standard InChI is InChI=1S/C27H29NO4/c1-3-20-26(27(30)31-4-2)24(25-21(28-20)14-10-15-22(25)29)19-13-8-9-16-23(19)32-17-18-11-6-5-7-12-18/h5-9,11-13,16,24,28H,3-4,10,14-15,17H2,1-2H3/t24-/m1/s1. The van der Waals surface area contributed by atoms with Crippen molar-refractivity contribution in [3.8, 4) is 5.75 Å². The van der Waals surface area contributed by atoms with Crippen LogP contribution < -0.4 is 10.1 Å². The van der Waals surface area contributed by atoms with Crippen molar-refractivity contribution in [2.24, 2.45) is 0 Å². The highest BCUT2D eigenvalue weighted by atomic mass is 16.5. The summed E-state index contributed by atoms with van der Waals surface area (Å²) in [4.78, 5) is 26.2. The molecule has 5 heteroatoms. The average molecular weight is 432 g/mol. The second-order valence-corrected chi connectivity index (χ2v) is 8.01. The molecular formula is C27H29NO4. The number of rotatable bonds is 7. The number of dihydropyridines is 1. The summed E-state index contributed by atoms with van der Waals surface area (Å²) >= 11 is 0. The van der Waals surface area contributed by atoms with Crippen LogP contribution in [0.2, 0.25) is 0 Å². The van der Waals surface area contributed by atoms with Crippen LogP contribution in [0.5, 0.6) is 5.75 Å². The minimum atomic E-state index is -0.500. The first-order valence-electron chi connectivity index (χ1n) is 11.3. The third-order valence-electron chi connectivity index (χ3n) is 5.98. The third kappa shape index (κ3) is 4.33. The lowest BCUT2D eigenvalue weighted by Crippen LogP contribution is -2.35. The summed E-state index contributed by atoms with van der Waals surface area (Å²) in [7, 11) is 0. The largest absolute Gasteiger partial charge is 0.489 e. The molecule has 1 N–H and O–H groups in total. The lowest BCUT2D eigenvalue weighted by Gasteiger charge is -2.35. The lowest BCUT2D eigenvalue weighted by atomic mass is 9.74. The Balaban J connectivity index is 1.81. The molecule has 0 spiro atoms. The van der Waals surface area contributed by atoms with E-state index in [0.29, 0.717) is 36.3 Å². The zero-order chi connectivity index (χ0) is 22.5. The van der Waals surface area contributed by atoms with E-state index in [1.807, 2.05) is 61.5 Å². The van der Waals surface area contributed by atoms with Crippen molar-refractivity contribution in [2.45, 2.75) is 52.1 Å². The van der Waals surface area contributed by atoms with Gasteiger partial charge in [-0.25, -0.2) is 4.79 Å². The number of carbonyl (C=O) groups is 2. The Kier molecular flexibility index (Phi) is 6.74. The maximum Gasteiger partial charge on any atom is 0.336 e. The quantitative estimate of drug-likeness (QED) is 0.612. The molecule has 0 unspecified atom stereocenters. The van der Waals surface area contributed by atoms with Gasteiger partial charge in [0, 0.05) is 29.0 Å². The first-order valence-corrected chi connectivity index (χ1v) is 11.3. The predicted octanol–water partition coefficient (Wildman–Crippen LogP) is 5.19. The minimum absolute atomic E-state index is 0.0820. The van der Waals surface area contributed by atoms with Gasteiger partial charge in [-0.1, -0.05) is 55.5 Å². The zero-order valence-corrected chi connectivity index (χ0v) is 18.6. The van der Waals surface area contributed by atoms with E-state index in [1.165, 1.54) is 0 Å². The van der Waals surface area contributed by atoms with E-state index < -0.39 is 5.92 Å². The van der Waals surface area contributed by atoms with Crippen LogP contribution in [-0.4, -0.2) is 18.4 Å². The Morgan fingerprint density at radius 2 is 1.78 bits per heavy atom. The molecule has 4 rings (SSSR count). The normalized spacial score (nSPS) is 18.2. The number of esters is 1. The summed E-state index contributed by atoms with van der Waals surface area (Å²) in [5.41, 5.74) is 4.80. The van der Waals surface area contributed by atoms with E-state index in [0.717, 1.165) is 35.4 Å². The number of nitrogens with one attached hydrogen (secondary N) is 1. The van der Waals surface area contributed by atoms with Gasteiger partial charge >= 0.3 is 5.97 Å². The maximum atomic E-state index is 13.1. The van der Waals surface area contributed by atoms with Crippen LogP contribution in [0, 0.1) is 0 Å². The molecule has 1 aliphatic heterocycles. The van der Waals surface area contributed by atoms with Gasteiger partial charge in [0.15, 0.2) is 5.78 Å². The SMILES string of the molecule is CCOC(=O)C1=C(CC)NC2=C(C(=O)CCC2)[C@H]1c1ccccc1OCc1ccccc1. The monoisotopic (exact) mass is 431 g/mol. The number of carbonyl (C=O) groups excluding carboxylic acids is 2. The third-order valence-corrected chi connectivity index (χ3v) is 5.98. The molecule has 0 amide bonds. The number of ketones is 1. The Bertz CT molecular complexity index is 1070. The Morgan fingerprint density at radius 3 is 2.53 bits per heavy atom. The van der Waals surface area contributed by atoms with Gasteiger partial charge < -0.3 is 14.8 Å². The molecular weight excluding hydrogens is 402 g/mol. The summed E-state index contributed by atoms with van der Waals surface area (Å²) in [5, 5.41) is 3.40. The topological polar surface area (TPSA) is 64.6 Å². The molecule has 0 bridgehead atoms. The van der Waals surface area contributed by atoms with Crippen molar-refractivity contribution in [3.63, 3.8) is 0 Å². The molecule has 5 nitrogen and oxygen atoms in total. The molecule has 0 radical (unpaired) electrons. The molecule has 2 aromatic carbocycles. The molecule has 1 atom stereocenters. The van der Waals surface area contributed by atoms with Gasteiger partial charge in [0.1, 0.15) is 12.4 Å². The fourth-order valence-corrected chi connectivity index (χ4v) is 4.52. The van der Waals surface area contributed by atoms with E-state index in [9.17, 15) is 9.59 Å². The fraction of sp³-hybridized carbons (Fsp3) is 0.333. The number of allylic oxidation sites excluding steroid dienone is 3. The van der Waals surface area contributed by atoms with Gasteiger partial charge in [-0.15, -0.1) is 0 Å². The van der Waals surface area contributed by atoms with Gasteiger partial charge in [-0.2, -0.15) is 0 Å². The van der Waals surface area contributed by atoms with Gasteiger partial charge in [-0.05, 0) is 37.8 Å². The number of ether oxygens (including phenoxy) is 2. The van der Waals surface area contributed by atoms with Crippen LogP contribution in [0.15, 0.2) is 77.1 Å². The number of benzene rings is 2. The average Bonchev–Trinajstić information content (AvgIpc) is 2.82. The Morgan fingerprint density at radius 1 is 1.03 bits per heavy atom. The summed E-state index contributed by atoms with van der Waals surface area (Å²) in [6.07, 6.45) is 2.74. The van der Waals surface area contributed by atoms with Gasteiger partial charge in [0.2, 0.25) is 0 Å². The maximum absolute atomic E-state index is 13.1. The van der Waals surface area contributed by atoms with Crippen molar-refractivity contribution in [1.82, 2.24) is 5.32 Å². The second-order valence-electron chi connectivity index (χ2n) is 8.01. The fourth-order valence-electron chi connectivity index (χ4n) is 4.52. The molecule has 1 aliphatic carbocycles. The van der Waals surface area contributed by atoms with Crippen LogP contribution in [0.3, 0.4) is 0 Å². The van der Waals surface area contributed by atoms with Crippen molar-refractivity contribution in [3.05, 3.63) is 88.3 Å². The molecule has 0 saturated carbocycles. The van der Waals surface area contributed by atoms with Gasteiger partial charge in [-0.3, -0.25) is 4.79 Å². The molecule has 0 fully saturated rings. The minimum Gasteiger partial charge on any atom is -0.489 e. The molecule has 166 valence electrons. The smallest absolute Gasteiger partial charge is 0.336 e. The van der Waals surface area contributed by atoms with E-state index in [2.05, 4.69) is 5.32 Å². The van der Waals surface area contributed by atoms with Crippen LogP contribution in [0.1, 0.15) is 56.6 Å². The number of hydrogen-bond acceptors (Lipinski definition) is 5. The van der Waals surface area contributed by atoms with E-state index in [4.69, 9.17) is 9.47 Å². The lowest BCUT2D eigenvalue weighted by molar-refractivity contribution is -0.138. The first-order chi connectivity index (χ1) is 15.6. The number of para-hydroxylation sites is 1. The number of Topliss-reactive ketones (excluding diaryl/α,β-unsaturated/α-hetero) is 1. The van der Waals surface area contributed by atoms with Crippen molar-refractivity contribution in [1.29, 1.82) is 0 Å².